The molecule has 0 unspecified atom stereocenters. The predicted molar refractivity (Wildman–Crippen MR) is 365 cm³/mol. The van der Waals surface area contributed by atoms with Gasteiger partial charge in [0, 0.05) is 55.1 Å². The Labute approximate surface area is 512 Å². The number of nitrogens with zero attached hydrogens (tertiary/aromatic N) is 8. The molecule has 0 saturated carbocycles. The van der Waals surface area contributed by atoms with Gasteiger partial charge in [-0.3, -0.25) is 19.6 Å². The molecule has 0 atom stereocenters. The molecule has 4 heterocycles. The maximum atomic E-state index is 4.95. The number of aromatic nitrogens is 4. The first-order chi connectivity index (χ1) is 39.9. The molecule has 8 nitrogen and oxygen atoms in total. The van der Waals surface area contributed by atoms with E-state index in [-0.39, 0.29) is 21.7 Å². The lowest BCUT2D eigenvalue weighted by molar-refractivity contribution is 0.590. The van der Waals surface area contributed by atoms with Gasteiger partial charge in [0.05, 0.1) is 67.6 Å². The highest BCUT2D eigenvalue weighted by atomic mass is 32.1. The zero-order valence-corrected chi connectivity index (χ0v) is 54.5. The van der Waals surface area contributed by atoms with Gasteiger partial charge in [0.25, 0.3) is 0 Å². The predicted octanol–water partition coefficient (Wildman–Crippen LogP) is 22.7. The van der Waals surface area contributed by atoms with E-state index in [2.05, 4.69) is 264 Å². The summed E-state index contributed by atoms with van der Waals surface area (Å²) in [6.45, 7) is 35.9. The second-order valence-electron chi connectivity index (χ2n) is 26.4. The van der Waals surface area contributed by atoms with E-state index < -0.39 is 0 Å². The Hall–Kier alpha value is -7.48. The topological polar surface area (TPSA) is 64.5 Å². The Bertz CT molecular complexity index is 3790. The summed E-state index contributed by atoms with van der Waals surface area (Å²) in [4.78, 5) is 29.7. The molecule has 0 amide bonds. The molecule has 12 aromatic rings. The number of benzene rings is 8. The van der Waals surface area contributed by atoms with E-state index in [4.69, 9.17) is 19.9 Å². The molecule has 0 bridgehead atoms. The molecule has 0 fully saturated rings. The monoisotopic (exact) mass is 1180 g/mol. The van der Waals surface area contributed by atoms with Gasteiger partial charge in [-0.2, -0.15) is 0 Å². The average molecular weight is 1180 g/mol. The molecule has 0 N–H and O–H groups in total. The van der Waals surface area contributed by atoms with E-state index >= 15 is 0 Å². The minimum Gasteiger partial charge on any atom is -0.300 e. The molecule has 12 rings (SSSR count). The van der Waals surface area contributed by atoms with Crippen LogP contribution in [-0.4, -0.2) is 19.9 Å². The molecule has 84 heavy (non-hydrogen) atoms. The van der Waals surface area contributed by atoms with Gasteiger partial charge in [0.1, 0.15) is 20.0 Å². The summed E-state index contributed by atoms with van der Waals surface area (Å²) in [5.74, 6) is 0. The zero-order valence-electron chi connectivity index (χ0n) is 51.2. The fourth-order valence-corrected chi connectivity index (χ4v) is 15.0. The summed E-state index contributed by atoms with van der Waals surface area (Å²) < 4.78 is 0. The standard InChI is InChI=1S/C72H74N8S4/c1-43-65(81-39-73-43)77(51-25-17-47(18-26-51)69(5,6)7)59-37-60(78(66-44(2)74-40-82-66)52-27-19-48(20-28-52)70(8,9)10)56-35-36-58-62(80(68-46(4)76-42-84-68)54-31-23-50(24-32-54)72(14,15)16)38-61(57-34-33-55(59)63(56)64(57)58)79(67-45(3)75-41-83-67)53-29-21-49(22-30-53)71(11,12)13/h17-42H,1-16H3. The van der Waals surface area contributed by atoms with E-state index in [1.54, 1.807) is 45.3 Å². The second kappa shape index (κ2) is 21.2. The van der Waals surface area contributed by atoms with Crippen molar-refractivity contribution in [2.45, 2.75) is 132 Å². The molecule has 426 valence electrons. The lowest BCUT2D eigenvalue weighted by Crippen LogP contribution is -2.17. The van der Waals surface area contributed by atoms with Crippen LogP contribution in [0.3, 0.4) is 0 Å². The Morgan fingerprint density at radius 2 is 0.464 bits per heavy atom. The van der Waals surface area contributed by atoms with Crippen LogP contribution in [0.4, 0.5) is 65.5 Å². The normalized spacial score (nSPS) is 12.5. The summed E-state index contributed by atoms with van der Waals surface area (Å²) >= 11 is 6.70. The maximum Gasteiger partial charge on any atom is 0.123 e. The first-order valence-corrected chi connectivity index (χ1v) is 32.4. The van der Waals surface area contributed by atoms with Crippen molar-refractivity contribution in [2.24, 2.45) is 0 Å². The van der Waals surface area contributed by atoms with Crippen molar-refractivity contribution in [3.8, 4) is 0 Å². The van der Waals surface area contributed by atoms with Gasteiger partial charge in [-0.1, -0.05) is 156 Å². The van der Waals surface area contributed by atoms with E-state index in [0.717, 1.165) is 121 Å². The smallest absolute Gasteiger partial charge is 0.123 e. The molecule has 0 saturated heterocycles. The number of hydrogen-bond donors (Lipinski definition) is 0. The minimum absolute atomic E-state index is 0.0323. The van der Waals surface area contributed by atoms with Crippen molar-refractivity contribution in [2.75, 3.05) is 19.6 Å². The molecule has 12 heteroatoms. The summed E-state index contributed by atoms with van der Waals surface area (Å²) in [7, 11) is 0. The molecule has 4 aromatic heterocycles. The van der Waals surface area contributed by atoms with E-state index in [1.165, 1.54) is 22.3 Å². The SMILES string of the molecule is Cc1ncsc1N(c1ccc(C(C)(C)C)cc1)c1cc(N(c2ccc(C(C)(C)C)cc2)c2scnc2C)c2ccc3c(N(c4ccc(C(C)(C)C)cc4)c4scnc4C)cc(N(c4ccc(C(C)(C)C)cc4)c4scnc4C)c4ccc1c2c43. The van der Waals surface area contributed by atoms with Crippen molar-refractivity contribution in [1.82, 2.24) is 19.9 Å². The van der Waals surface area contributed by atoms with Crippen molar-refractivity contribution in [3.63, 3.8) is 0 Å². The first kappa shape index (κ1) is 57.0. The maximum absolute atomic E-state index is 4.95. The van der Waals surface area contributed by atoms with Crippen LogP contribution in [0.1, 0.15) is 128 Å². The fourth-order valence-electron chi connectivity index (χ4n) is 11.6. The van der Waals surface area contributed by atoms with Gasteiger partial charge < -0.3 is 0 Å². The summed E-state index contributed by atoms with van der Waals surface area (Å²) in [5, 5.41) is 11.1. The van der Waals surface area contributed by atoms with E-state index in [0.29, 0.717) is 0 Å². The number of anilines is 12. The third-order valence-corrected chi connectivity index (χ3v) is 20.1. The van der Waals surface area contributed by atoms with Crippen molar-refractivity contribution in [1.29, 1.82) is 0 Å². The Morgan fingerprint density at radius 1 is 0.274 bits per heavy atom. The van der Waals surface area contributed by atoms with Gasteiger partial charge in [-0.25, -0.2) is 19.9 Å². The highest BCUT2D eigenvalue weighted by Crippen LogP contribution is 2.57. The van der Waals surface area contributed by atoms with Gasteiger partial charge in [0.15, 0.2) is 0 Å². The van der Waals surface area contributed by atoms with Crippen LogP contribution in [0.5, 0.6) is 0 Å². The Kier molecular flexibility index (Phi) is 14.4. The molecule has 0 aliphatic rings. The van der Waals surface area contributed by atoms with Gasteiger partial charge in [-0.05, 0) is 132 Å². The highest BCUT2D eigenvalue weighted by Gasteiger charge is 2.32. The lowest BCUT2D eigenvalue weighted by atomic mass is 9.86. The number of rotatable bonds is 12. The van der Waals surface area contributed by atoms with Crippen LogP contribution >= 0.6 is 45.3 Å². The molecule has 8 aromatic carbocycles. The number of hydrogen-bond acceptors (Lipinski definition) is 12. The highest BCUT2D eigenvalue weighted by molar-refractivity contribution is 7.15. The summed E-state index contributed by atoms with van der Waals surface area (Å²) in [5.41, 5.74) is 25.2. The zero-order chi connectivity index (χ0) is 59.4. The van der Waals surface area contributed by atoms with Crippen LogP contribution in [0.2, 0.25) is 0 Å². The summed E-state index contributed by atoms with van der Waals surface area (Å²) in [6.07, 6.45) is 0. The van der Waals surface area contributed by atoms with Crippen LogP contribution in [0.15, 0.2) is 156 Å². The Balaban J connectivity index is 1.27. The van der Waals surface area contributed by atoms with Crippen LogP contribution < -0.4 is 19.6 Å². The number of aryl methyl sites for hydroxylation is 4. The van der Waals surface area contributed by atoms with Crippen LogP contribution in [0, 0.1) is 27.7 Å². The van der Waals surface area contributed by atoms with Gasteiger partial charge >= 0.3 is 0 Å². The van der Waals surface area contributed by atoms with Crippen molar-refractivity contribution in [3.05, 3.63) is 201 Å². The molecule has 0 spiro atoms. The Morgan fingerprint density at radius 3 is 0.619 bits per heavy atom. The molecule has 0 aliphatic carbocycles. The second-order valence-corrected chi connectivity index (χ2v) is 29.7. The van der Waals surface area contributed by atoms with Crippen molar-refractivity contribution < 1.29 is 0 Å². The van der Waals surface area contributed by atoms with Crippen LogP contribution in [-0.2, 0) is 21.7 Å². The van der Waals surface area contributed by atoms with E-state index in [1.807, 2.05) is 22.0 Å². The molecular formula is C72H74N8S4. The minimum atomic E-state index is -0.0323. The average Bonchev–Trinajstić information content (AvgIpc) is 0.929. The quantitative estimate of drug-likeness (QED) is 0.112. The summed E-state index contributed by atoms with van der Waals surface area (Å²) in [6, 6.07) is 51.2. The molecule has 0 radical (unpaired) electrons. The van der Waals surface area contributed by atoms with Crippen LogP contribution in [0.25, 0.3) is 32.3 Å². The van der Waals surface area contributed by atoms with Crippen molar-refractivity contribution >= 4 is 143 Å². The largest absolute Gasteiger partial charge is 0.300 e. The van der Waals surface area contributed by atoms with Gasteiger partial charge in [-0.15, -0.1) is 45.3 Å². The third kappa shape index (κ3) is 10.2. The first-order valence-electron chi connectivity index (χ1n) is 28.9. The molecule has 0 aliphatic heterocycles. The lowest BCUT2D eigenvalue weighted by Gasteiger charge is -2.34. The molecular weight excluding hydrogens is 1110 g/mol. The van der Waals surface area contributed by atoms with Gasteiger partial charge in [0.2, 0.25) is 0 Å². The van der Waals surface area contributed by atoms with E-state index in [9.17, 15) is 0 Å². The fraction of sp³-hybridized carbons (Fsp3) is 0.278. The number of thiazole rings is 4. The third-order valence-electron chi connectivity index (χ3n) is 16.4.